The summed E-state index contributed by atoms with van der Waals surface area (Å²) < 4.78 is 41.9. The lowest BCUT2D eigenvalue weighted by atomic mass is 10.0. The standard InChI is InChI=1S/C29H28F2N6O3/c1-17-12-21(40-27-8-10-33-25(35-27)16-39-24-7-4-20(30)13-19(24)14-32)9-11-37(17)15-26-34-23-6-5-22(18(2)38)28(31)29(23)36(26)3/h4-8,10,13,17,21,38H,2,9,11-12,15-16H2,1,3H3. The second-order valence-corrected chi connectivity index (χ2v) is 9.76. The van der Waals surface area contributed by atoms with E-state index in [9.17, 15) is 19.1 Å². The van der Waals surface area contributed by atoms with Crippen LogP contribution < -0.4 is 9.47 Å². The molecule has 5 rings (SSSR count). The quantitative estimate of drug-likeness (QED) is 0.306. The van der Waals surface area contributed by atoms with Gasteiger partial charge in [0, 0.05) is 31.9 Å². The fourth-order valence-electron chi connectivity index (χ4n) is 4.92. The molecule has 40 heavy (non-hydrogen) atoms. The molecular weight excluding hydrogens is 518 g/mol. The topological polar surface area (TPSA) is 109 Å². The number of likely N-dealkylation sites (tertiary alicyclic amines) is 1. The molecule has 2 atom stereocenters. The number of fused-ring (bicyclic) bond motifs is 1. The van der Waals surface area contributed by atoms with E-state index in [2.05, 4.69) is 33.4 Å². The van der Waals surface area contributed by atoms with E-state index in [1.165, 1.54) is 18.2 Å². The van der Waals surface area contributed by atoms with Gasteiger partial charge in [0.05, 0.1) is 23.2 Å². The minimum Gasteiger partial charge on any atom is -0.508 e. The number of ether oxygens (including phenoxy) is 2. The molecule has 2 aromatic carbocycles. The molecule has 9 nitrogen and oxygen atoms in total. The Hall–Kier alpha value is -4.56. The summed E-state index contributed by atoms with van der Waals surface area (Å²) in [4.78, 5) is 15.5. The molecule has 1 N–H and O–H groups in total. The summed E-state index contributed by atoms with van der Waals surface area (Å²) in [6.07, 6.45) is 3.03. The van der Waals surface area contributed by atoms with Crippen LogP contribution in [0.5, 0.6) is 11.6 Å². The van der Waals surface area contributed by atoms with Crippen LogP contribution in [0.4, 0.5) is 8.78 Å². The molecule has 0 radical (unpaired) electrons. The monoisotopic (exact) mass is 546 g/mol. The highest BCUT2D eigenvalue weighted by atomic mass is 19.1. The summed E-state index contributed by atoms with van der Waals surface area (Å²) in [5, 5.41) is 18.9. The van der Waals surface area contributed by atoms with Gasteiger partial charge in [0.25, 0.3) is 0 Å². The smallest absolute Gasteiger partial charge is 0.216 e. The van der Waals surface area contributed by atoms with Gasteiger partial charge in [0.15, 0.2) is 11.6 Å². The van der Waals surface area contributed by atoms with E-state index >= 15 is 0 Å². The number of aliphatic hydroxyl groups excluding tert-OH is 1. The molecule has 2 aromatic heterocycles. The van der Waals surface area contributed by atoms with Crippen molar-refractivity contribution in [3.63, 3.8) is 0 Å². The Morgan fingerprint density at radius 2 is 2.05 bits per heavy atom. The van der Waals surface area contributed by atoms with Crippen LogP contribution in [0.15, 0.2) is 49.2 Å². The number of benzene rings is 2. The van der Waals surface area contributed by atoms with Crippen molar-refractivity contribution < 1.29 is 23.4 Å². The zero-order valence-corrected chi connectivity index (χ0v) is 22.1. The number of halogens is 2. The molecule has 0 bridgehead atoms. The van der Waals surface area contributed by atoms with E-state index < -0.39 is 11.6 Å². The lowest BCUT2D eigenvalue weighted by Gasteiger charge is -2.37. The van der Waals surface area contributed by atoms with Gasteiger partial charge in [-0.25, -0.2) is 18.7 Å². The van der Waals surface area contributed by atoms with E-state index in [0.717, 1.165) is 31.3 Å². The first kappa shape index (κ1) is 27.0. The molecule has 1 saturated heterocycles. The second kappa shape index (κ2) is 11.3. The van der Waals surface area contributed by atoms with Crippen LogP contribution in [0.2, 0.25) is 0 Å². The summed E-state index contributed by atoms with van der Waals surface area (Å²) in [6, 6.07) is 10.7. The molecule has 0 saturated carbocycles. The van der Waals surface area contributed by atoms with E-state index in [0.29, 0.717) is 29.3 Å². The summed E-state index contributed by atoms with van der Waals surface area (Å²) in [5.41, 5.74) is 1.02. The summed E-state index contributed by atoms with van der Waals surface area (Å²) in [7, 11) is 1.77. The normalized spacial score (nSPS) is 17.5. The first-order valence-corrected chi connectivity index (χ1v) is 12.8. The molecule has 1 fully saturated rings. The number of nitriles is 1. The fraction of sp³-hybridized carbons (Fsp3) is 0.310. The van der Waals surface area contributed by atoms with Crippen LogP contribution in [0.1, 0.15) is 42.5 Å². The molecule has 3 heterocycles. The van der Waals surface area contributed by atoms with Crippen molar-refractivity contribution in [1.82, 2.24) is 24.4 Å². The van der Waals surface area contributed by atoms with Gasteiger partial charge in [-0.3, -0.25) is 4.90 Å². The molecule has 0 aliphatic carbocycles. The van der Waals surface area contributed by atoms with Crippen molar-refractivity contribution in [2.45, 2.75) is 45.1 Å². The van der Waals surface area contributed by atoms with Gasteiger partial charge in [-0.15, -0.1) is 0 Å². The lowest BCUT2D eigenvalue weighted by molar-refractivity contribution is 0.0538. The van der Waals surface area contributed by atoms with Gasteiger partial charge in [0.1, 0.15) is 47.4 Å². The number of hydrogen-bond acceptors (Lipinski definition) is 8. The van der Waals surface area contributed by atoms with Crippen molar-refractivity contribution >= 4 is 16.8 Å². The van der Waals surface area contributed by atoms with Gasteiger partial charge >= 0.3 is 0 Å². The summed E-state index contributed by atoms with van der Waals surface area (Å²) in [6.45, 7) is 6.83. The van der Waals surface area contributed by atoms with Gasteiger partial charge in [0.2, 0.25) is 5.88 Å². The third kappa shape index (κ3) is 5.58. The number of aromatic nitrogens is 4. The SMILES string of the molecule is C=C(O)c1ccc2nc(CN3CCC(Oc4ccnc(COc5ccc(F)cc5C#N)n4)CC3C)n(C)c2c1F. The molecular formula is C29H28F2N6O3. The minimum absolute atomic E-state index is 0.00111. The fourth-order valence-corrected chi connectivity index (χ4v) is 4.92. The molecule has 1 aliphatic rings. The highest BCUT2D eigenvalue weighted by Gasteiger charge is 2.28. The molecule has 4 aromatic rings. The molecule has 11 heteroatoms. The summed E-state index contributed by atoms with van der Waals surface area (Å²) in [5.74, 6) is 0.404. The lowest BCUT2D eigenvalue weighted by Crippen LogP contribution is -2.44. The molecule has 0 amide bonds. The molecule has 206 valence electrons. The Bertz CT molecular complexity index is 1620. The first-order chi connectivity index (χ1) is 19.2. The van der Waals surface area contributed by atoms with E-state index in [-0.39, 0.29) is 41.4 Å². The van der Waals surface area contributed by atoms with Crippen LogP contribution in [-0.2, 0) is 20.2 Å². The van der Waals surface area contributed by atoms with Gasteiger partial charge < -0.3 is 19.1 Å². The number of aliphatic hydroxyl groups is 1. The number of piperidine rings is 1. The Labute approximate surface area is 229 Å². The van der Waals surface area contributed by atoms with Gasteiger partial charge in [-0.05, 0) is 50.1 Å². The van der Waals surface area contributed by atoms with Crippen LogP contribution in [0.3, 0.4) is 0 Å². The van der Waals surface area contributed by atoms with Crippen molar-refractivity contribution in [3.8, 4) is 17.7 Å². The highest BCUT2D eigenvalue weighted by molar-refractivity contribution is 5.81. The van der Waals surface area contributed by atoms with Crippen molar-refractivity contribution in [2.75, 3.05) is 6.54 Å². The zero-order valence-electron chi connectivity index (χ0n) is 22.1. The summed E-state index contributed by atoms with van der Waals surface area (Å²) >= 11 is 0. The maximum atomic E-state index is 15.0. The molecule has 0 spiro atoms. The van der Waals surface area contributed by atoms with Crippen molar-refractivity contribution in [3.05, 3.63) is 83.6 Å². The zero-order chi connectivity index (χ0) is 28.4. The minimum atomic E-state index is -0.538. The van der Waals surface area contributed by atoms with Gasteiger partial charge in [-0.1, -0.05) is 6.58 Å². The molecule has 2 unspecified atom stereocenters. The average molecular weight is 547 g/mol. The second-order valence-electron chi connectivity index (χ2n) is 9.76. The Morgan fingerprint density at radius 3 is 2.80 bits per heavy atom. The maximum absolute atomic E-state index is 15.0. The van der Waals surface area contributed by atoms with Crippen LogP contribution in [0.25, 0.3) is 16.8 Å². The van der Waals surface area contributed by atoms with E-state index in [1.54, 1.807) is 29.9 Å². The number of rotatable bonds is 8. The third-order valence-electron chi connectivity index (χ3n) is 7.07. The van der Waals surface area contributed by atoms with Crippen LogP contribution in [-0.4, -0.2) is 48.2 Å². The Kier molecular flexibility index (Phi) is 7.62. The van der Waals surface area contributed by atoms with Crippen molar-refractivity contribution in [1.29, 1.82) is 5.26 Å². The van der Waals surface area contributed by atoms with E-state index in [4.69, 9.17) is 9.47 Å². The van der Waals surface area contributed by atoms with Crippen molar-refractivity contribution in [2.24, 2.45) is 7.05 Å². The highest BCUT2D eigenvalue weighted by Crippen LogP contribution is 2.28. The maximum Gasteiger partial charge on any atom is 0.216 e. The number of nitrogens with zero attached hydrogens (tertiary/aromatic N) is 6. The third-order valence-corrected chi connectivity index (χ3v) is 7.07. The molecule has 1 aliphatic heterocycles. The largest absolute Gasteiger partial charge is 0.508 e. The van der Waals surface area contributed by atoms with Crippen LogP contribution >= 0.6 is 0 Å². The number of imidazole rings is 1. The predicted molar refractivity (Wildman–Crippen MR) is 143 cm³/mol. The number of hydrogen-bond donors (Lipinski definition) is 1. The Balaban J connectivity index is 1.20. The van der Waals surface area contributed by atoms with Gasteiger partial charge in [-0.2, -0.15) is 10.2 Å². The first-order valence-electron chi connectivity index (χ1n) is 12.8. The Morgan fingerprint density at radius 1 is 1.23 bits per heavy atom. The average Bonchev–Trinajstić information content (AvgIpc) is 3.25. The number of aryl methyl sites for hydroxylation is 1. The predicted octanol–water partition coefficient (Wildman–Crippen LogP) is 5.05. The van der Waals surface area contributed by atoms with E-state index in [1.807, 2.05) is 6.07 Å². The van der Waals surface area contributed by atoms with Crippen LogP contribution in [0, 0.1) is 23.0 Å².